The van der Waals surface area contributed by atoms with E-state index < -0.39 is 10.2 Å². The number of nitrogens with one attached hydrogen (secondary N) is 1. The first-order valence-electron chi connectivity index (χ1n) is 8.12. The van der Waals surface area contributed by atoms with E-state index in [0.717, 1.165) is 38.3 Å². The molecule has 0 aromatic heterocycles. The molecule has 1 N–H and O–H groups in total. The molecule has 1 heterocycles. The molecule has 1 aromatic carbocycles. The zero-order valence-electron chi connectivity index (χ0n) is 14.3. The number of rotatable bonds is 7. The van der Waals surface area contributed by atoms with Crippen molar-refractivity contribution in [2.24, 2.45) is 0 Å². The van der Waals surface area contributed by atoms with Crippen LogP contribution in [0.5, 0.6) is 0 Å². The fraction of sp³-hybridized carbons (Fsp3) is 0.625. The van der Waals surface area contributed by atoms with E-state index in [1.165, 1.54) is 4.31 Å². The van der Waals surface area contributed by atoms with Crippen LogP contribution in [0, 0.1) is 0 Å². The molecule has 7 heteroatoms. The van der Waals surface area contributed by atoms with Crippen molar-refractivity contribution >= 4 is 10.2 Å². The van der Waals surface area contributed by atoms with Crippen molar-refractivity contribution in [1.29, 1.82) is 0 Å². The summed E-state index contributed by atoms with van der Waals surface area (Å²) in [6.45, 7) is 7.60. The molecule has 1 atom stereocenters. The number of piperazine rings is 1. The van der Waals surface area contributed by atoms with Crippen LogP contribution < -0.4 is 4.72 Å². The molecule has 1 unspecified atom stereocenters. The van der Waals surface area contributed by atoms with E-state index in [1.54, 1.807) is 14.1 Å². The lowest BCUT2D eigenvalue weighted by molar-refractivity contribution is 0.100. The summed E-state index contributed by atoms with van der Waals surface area (Å²) in [5, 5.41) is 0. The molecule has 6 nitrogen and oxygen atoms in total. The van der Waals surface area contributed by atoms with Crippen molar-refractivity contribution in [2.75, 3.05) is 53.4 Å². The predicted octanol–water partition coefficient (Wildman–Crippen LogP) is 0.761. The molecule has 1 fully saturated rings. The van der Waals surface area contributed by atoms with Gasteiger partial charge in [-0.3, -0.25) is 4.90 Å². The first-order chi connectivity index (χ1) is 10.9. The minimum atomic E-state index is -3.41. The van der Waals surface area contributed by atoms with Crippen LogP contribution >= 0.6 is 0 Å². The molecule has 0 saturated carbocycles. The van der Waals surface area contributed by atoms with Gasteiger partial charge in [0.1, 0.15) is 0 Å². The van der Waals surface area contributed by atoms with Crippen molar-refractivity contribution in [3.8, 4) is 0 Å². The summed E-state index contributed by atoms with van der Waals surface area (Å²) in [7, 11) is -0.326. The second-order valence-electron chi connectivity index (χ2n) is 6.03. The highest BCUT2D eigenvalue weighted by Crippen LogP contribution is 2.21. The van der Waals surface area contributed by atoms with Gasteiger partial charge in [0.15, 0.2) is 0 Å². The molecular formula is C16H28N4O2S. The topological polar surface area (TPSA) is 55.9 Å². The number of likely N-dealkylation sites (N-methyl/N-ethyl adjacent to an activating group) is 1. The van der Waals surface area contributed by atoms with Crippen LogP contribution in [-0.4, -0.2) is 75.9 Å². The first kappa shape index (κ1) is 18.4. The zero-order chi connectivity index (χ0) is 16.9. The zero-order valence-corrected chi connectivity index (χ0v) is 15.1. The van der Waals surface area contributed by atoms with Crippen molar-refractivity contribution < 1.29 is 8.42 Å². The van der Waals surface area contributed by atoms with Gasteiger partial charge in [0, 0.05) is 52.9 Å². The molecule has 130 valence electrons. The third-order valence-electron chi connectivity index (χ3n) is 4.42. The number of hydrogen-bond donors (Lipinski definition) is 1. The molecule has 2 rings (SSSR count). The van der Waals surface area contributed by atoms with Crippen LogP contribution in [0.15, 0.2) is 30.3 Å². The van der Waals surface area contributed by atoms with Gasteiger partial charge in [0.05, 0.1) is 0 Å². The monoisotopic (exact) mass is 340 g/mol. The second kappa shape index (κ2) is 8.21. The van der Waals surface area contributed by atoms with Crippen molar-refractivity contribution in [3.05, 3.63) is 35.9 Å². The lowest BCUT2D eigenvalue weighted by Crippen LogP contribution is -2.50. The van der Waals surface area contributed by atoms with Crippen LogP contribution in [0.4, 0.5) is 0 Å². The summed E-state index contributed by atoms with van der Waals surface area (Å²) in [6.07, 6.45) is 0. The van der Waals surface area contributed by atoms with Crippen molar-refractivity contribution in [3.63, 3.8) is 0 Å². The van der Waals surface area contributed by atoms with Crippen molar-refractivity contribution in [2.45, 2.75) is 13.0 Å². The summed E-state index contributed by atoms with van der Waals surface area (Å²) >= 11 is 0. The Kier molecular flexibility index (Phi) is 6.55. The summed E-state index contributed by atoms with van der Waals surface area (Å²) in [5.74, 6) is 0. The van der Waals surface area contributed by atoms with Gasteiger partial charge in [0.25, 0.3) is 10.2 Å². The van der Waals surface area contributed by atoms with Gasteiger partial charge >= 0.3 is 0 Å². The van der Waals surface area contributed by atoms with Gasteiger partial charge in [-0.25, -0.2) is 4.72 Å². The van der Waals surface area contributed by atoms with Crippen LogP contribution in [0.3, 0.4) is 0 Å². The molecule has 0 radical (unpaired) electrons. The summed E-state index contributed by atoms with van der Waals surface area (Å²) in [6, 6.07) is 10.2. The molecule has 0 spiro atoms. The van der Waals surface area contributed by atoms with E-state index in [0.29, 0.717) is 6.54 Å². The maximum atomic E-state index is 12.0. The van der Waals surface area contributed by atoms with Crippen LogP contribution in [-0.2, 0) is 10.2 Å². The Morgan fingerprint density at radius 3 is 2.26 bits per heavy atom. The maximum absolute atomic E-state index is 12.0. The fourth-order valence-electron chi connectivity index (χ4n) is 2.84. The van der Waals surface area contributed by atoms with Gasteiger partial charge in [-0.05, 0) is 12.1 Å². The van der Waals surface area contributed by atoms with Crippen molar-refractivity contribution in [1.82, 2.24) is 18.8 Å². The van der Waals surface area contributed by atoms with E-state index in [-0.39, 0.29) is 6.04 Å². The quantitative estimate of drug-likeness (QED) is 0.796. The predicted molar refractivity (Wildman–Crippen MR) is 93.5 cm³/mol. The largest absolute Gasteiger partial charge is 0.301 e. The molecular weight excluding hydrogens is 312 g/mol. The normalized spacial score (nSPS) is 19.1. The highest BCUT2D eigenvalue weighted by atomic mass is 32.2. The third kappa shape index (κ3) is 4.99. The molecule has 0 aliphatic carbocycles. The Hall–Kier alpha value is -0.990. The molecule has 1 aliphatic rings. The Bertz CT molecular complexity index is 569. The Balaban J connectivity index is 2.10. The molecule has 1 aliphatic heterocycles. The van der Waals surface area contributed by atoms with Crippen LogP contribution in [0.25, 0.3) is 0 Å². The van der Waals surface area contributed by atoms with E-state index >= 15 is 0 Å². The second-order valence-corrected chi connectivity index (χ2v) is 8.00. The molecule has 23 heavy (non-hydrogen) atoms. The van der Waals surface area contributed by atoms with E-state index in [4.69, 9.17) is 0 Å². The van der Waals surface area contributed by atoms with Gasteiger partial charge in [-0.15, -0.1) is 0 Å². The summed E-state index contributed by atoms with van der Waals surface area (Å²) in [5.41, 5.74) is 1.15. The molecule has 0 amide bonds. The first-order valence-corrected chi connectivity index (χ1v) is 9.56. The number of hydrogen-bond acceptors (Lipinski definition) is 4. The van der Waals surface area contributed by atoms with Gasteiger partial charge in [0.2, 0.25) is 0 Å². The van der Waals surface area contributed by atoms with Gasteiger partial charge in [-0.2, -0.15) is 12.7 Å². The minimum Gasteiger partial charge on any atom is -0.301 e. The highest BCUT2D eigenvalue weighted by Gasteiger charge is 2.26. The lowest BCUT2D eigenvalue weighted by atomic mass is 10.0. The molecule has 0 bridgehead atoms. The average molecular weight is 340 g/mol. The highest BCUT2D eigenvalue weighted by molar-refractivity contribution is 7.87. The van der Waals surface area contributed by atoms with Gasteiger partial charge < -0.3 is 4.90 Å². The third-order valence-corrected chi connectivity index (χ3v) is 5.91. The lowest BCUT2D eigenvalue weighted by Gasteiger charge is -2.39. The minimum absolute atomic E-state index is 0.0601. The molecule has 1 saturated heterocycles. The maximum Gasteiger partial charge on any atom is 0.278 e. The van der Waals surface area contributed by atoms with E-state index in [2.05, 4.69) is 33.6 Å². The van der Waals surface area contributed by atoms with Crippen LogP contribution in [0.2, 0.25) is 0 Å². The fourth-order valence-corrected chi connectivity index (χ4v) is 3.46. The molecule has 1 aromatic rings. The standard InChI is InChI=1S/C16H28N4O2S/c1-4-19-10-12-20(13-11-19)16(15-8-6-5-7-9-15)14-17-23(21,22)18(2)3/h5-9,16-17H,4,10-14H2,1-3H3. The van der Waals surface area contributed by atoms with E-state index in [9.17, 15) is 8.42 Å². The number of nitrogens with zero attached hydrogens (tertiary/aromatic N) is 3. The smallest absolute Gasteiger partial charge is 0.278 e. The average Bonchev–Trinajstić information content (AvgIpc) is 2.56. The Labute approximate surface area is 140 Å². The van der Waals surface area contributed by atoms with E-state index in [1.807, 2.05) is 18.2 Å². The summed E-state index contributed by atoms with van der Waals surface area (Å²) < 4.78 is 28.0. The number of benzene rings is 1. The SMILES string of the molecule is CCN1CCN(C(CNS(=O)(=O)N(C)C)c2ccccc2)CC1. The Morgan fingerprint density at radius 1 is 1.13 bits per heavy atom. The Morgan fingerprint density at radius 2 is 1.74 bits per heavy atom. The van der Waals surface area contributed by atoms with Crippen LogP contribution in [0.1, 0.15) is 18.5 Å². The summed E-state index contributed by atoms with van der Waals surface area (Å²) in [4.78, 5) is 4.79. The van der Waals surface area contributed by atoms with Gasteiger partial charge in [-0.1, -0.05) is 37.3 Å².